The van der Waals surface area contributed by atoms with Crippen molar-refractivity contribution in [3.8, 4) is 0 Å². The molecule has 2 rings (SSSR count). The Bertz CT molecular complexity index is 341. The van der Waals surface area contributed by atoms with Crippen molar-refractivity contribution in [3.05, 3.63) is 28.8 Å². The molecule has 1 aliphatic heterocycles. The first-order chi connectivity index (χ1) is 6.72. The van der Waals surface area contributed by atoms with Crippen molar-refractivity contribution in [1.82, 2.24) is 0 Å². The first-order valence-electron chi connectivity index (χ1n) is 5.57. The lowest BCUT2D eigenvalue weighted by molar-refractivity contribution is 0.704. The zero-order valence-electron chi connectivity index (χ0n) is 9.43. The Balaban J connectivity index is 2.51. The summed E-state index contributed by atoms with van der Waals surface area (Å²) in [6, 6.07) is 4.65. The Labute approximate surface area is 86.7 Å². The van der Waals surface area contributed by atoms with E-state index >= 15 is 0 Å². The minimum Gasteiger partial charge on any atom is -0.371 e. The van der Waals surface area contributed by atoms with Gasteiger partial charge < -0.3 is 4.90 Å². The van der Waals surface area contributed by atoms with E-state index in [0.29, 0.717) is 0 Å². The predicted octanol–water partition coefficient (Wildman–Crippen LogP) is 3.08. The fourth-order valence-electron chi connectivity index (χ4n) is 2.58. The van der Waals surface area contributed by atoms with Crippen LogP contribution in [0.3, 0.4) is 0 Å². The summed E-state index contributed by atoms with van der Waals surface area (Å²) in [6.07, 6.45) is 2.57. The van der Waals surface area contributed by atoms with Crippen molar-refractivity contribution >= 4 is 5.69 Å². The summed E-state index contributed by atoms with van der Waals surface area (Å²) in [7, 11) is 0. The monoisotopic (exact) mass is 189 g/mol. The van der Waals surface area contributed by atoms with Gasteiger partial charge in [0, 0.05) is 18.8 Å². The van der Waals surface area contributed by atoms with Gasteiger partial charge in [-0.3, -0.25) is 0 Å². The molecule has 0 saturated heterocycles. The molecule has 0 spiro atoms. The van der Waals surface area contributed by atoms with Crippen LogP contribution in [0.5, 0.6) is 0 Å². The van der Waals surface area contributed by atoms with E-state index in [9.17, 15) is 0 Å². The minimum absolute atomic E-state index is 1.14. The molecule has 1 aromatic rings. The molecule has 0 saturated carbocycles. The Morgan fingerprint density at radius 2 is 2.07 bits per heavy atom. The molecule has 0 fully saturated rings. The number of benzene rings is 1. The molecule has 76 valence electrons. The van der Waals surface area contributed by atoms with Crippen LogP contribution in [0.25, 0.3) is 0 Å². The van der Waals surface area contributed by atoms with Gasteiger partial charge >= 0.3 is 0 Å². The van der Waals surface area contributed by atoms with Crippen LogP contribution in [0.15, 0.2) is 12.1 Å². The molecule has 0 bridgehead atoms. The van der Waals surface area contributed by atoms with Crippen LogP contribution in [-0.2, 0) is 6.42 Å². The molecule has 0 aromatic heterocycles. The first kappa shape index (κ1) is 9.57. The van der Waals surface area contributed by atoms with Gasteiger partial charge in [0.2, 0.25) is 0 Å². The molecular formula is C13H19N. The molecule has 0 radical (unpaired) electrons. The minimum atomic E-state index is 1.14. The van der Waals surface area contributed by atoms with E-state index in [1.54, 1.807) is 5.56 Å². The topological polar surface area (TPSA) is 3.24 Å². The molecule has 1 aliphatic rings. The van der Waals surface area contributed by atoms with Gasteiger partial charge in [-0.2, -0.15) is 0 Å². The highest BCUT2D eigenvalue weighted by Crippen LogP contribution is 2.31. The van der Waals surface area contributed by atoms with Crippen molar-refractivity contribution in [2.45, 2.75) is 33.6 Å². The number of anilines is 1. The summed E-state index contributed by atoms with van der Waals surface area (Å²) in [6.45, 7) is 9.04. The first-order valence-corrected chi connectivity index (χ1v) is 5.57. The highest BCUT2D eigenvalue weighted by molar-refractivity contribution is 5.62. The number of hydrogen-bond donors (Lipinski definition) is 0. The Morgan fingerprint density at radius 3 is 2.79 bits per heavy atom. The zero-order chi connectivity index (χ0) is 10.1. The van der Waals surface area contributed by atoms with Crippen LogP contribution >= 0.6 is 0 Å². The number of rotatable bonds is 1. The third-order valence-electron chi connectivity index (χ3n) is 3.10. The third kappa shape index (κ3) is 1.52. The van der Waals surface area contributed by atoms with Gasteiger partial charge in [0.15, 0.2) is 0 Å². The molecule has 14 heavy (non-hydrogen) atoms. The average Bonchev–Trinajstić information content (AvgIpc) is 2.16. The molecular weight excluding hydrogens is 170 g/mol. The zero-order valence-corrected chi connectivity index (χ0v) is 9.43. The molecule has 1 aromatic carbocycles. The van der Waals surface area contributed by atoms with Gasteiger partial charge in [-0.25, -0.2) is 0 Å². The molecule has 0 aliphatic carbocycles. The van der Waals surface area contributed by atoms with Gasteiger partial charge in [0.25, 0.3) is 0 Å². The number of fused-ring (bicyclic) bond motifs is 1. The quantitative estimate of drug-likeness (QED) is 0.656. The van der Waals surface area contributed by atoms with Crippen molar-refractivity contribution in [2.24, 2.45) is 0 Å². The van der Waals surface area contributed by atoms with E-state index in [0.717, 1.165) is 6.54 Å². The van der Waals surface area contributed by atoms with Gasteiger partial charge in [-0.05, 0) is 44.7 Å². The highest BCUT2D eigenvalue weighted by Gasteiger charge is 2.17. The molecule has 1 heteroatoms. The summed E-state index contributed by atoms with van der Waals surface area (Å²) in [5.74, 6) is 0. The van der Waals surface area contributed by atoms with Crippen LogP contribution in [0.2, 0.25) is 0 Å². The number of hydrogen-bond acceptors (Lipinski definition) is 1. The molecule has 0 atom stereocenters. The average molecular weight is 189 g/mol. The van der Waals surface area contributed by atoms with E-state index in [4.69, 9.17) is 0 Å². The van der Waals surface area contributed by atoms with Crippen molar-refractivity contribution in [1.29, 1.82) is 0 Å². The van der Waals surface area contributed by atoms with E-state index in [1.807, 2.05) is 0 Å². The molecule has 1 heterocycles. The summed E-state index contributed by atoms with van der Waals surface area (Å²) in [5.41, 5.74) is 5.90. The predicted molar refractivity (Wildman–Crippen MR) is 62.1 cm³/mol. The van der Waals surface area contributed by atoms with Crippen LogP contribution in [0.4, 0.5) is 5.69 Å². The van der Waals surface area contributed by atoms with Crippen molar-refractivity contribution in [2.75, 3.05) is 18.0 Å². The maximum atomic E-state index is 2.51. The van der Waals surface area contributed by atoms with Crippen LogP contribution in [-0.4, -0.2) is 13.1 Å². The smallest absolute Gasteiger partial charge is 0.0428 e. The fraction of sp³-hybridized carbons (Fsp3) is 0.538. The SMILES string of the molecule is CCN1CCCc2cc(C)cc(C)c21. The summed E-state index contributed by atoms with van der Waals surface area (Å²) < 4.78 is 0. The van der Waals surface area contributed by atoms with Crippen LogP contribution in [0, 0.1) is 13.8 Å². The van der Waals surface area contributed by atoms with E-state index in [2.05, 4.69) is 37.8 Å². The normalized spacial score (nSPS) is 15.5. The summed E-state index contributed by atoms with van der Waals surface area (Å²) in [5, 5.41) is 0. The maximum absolute atomic E-state index is 2.51. The molecule has 0 amide bonds. The Kier molecular flexibility index (Phi) is 2.49. The van der Waals surface area contributed by atoms with Gasteiger partial charge in [-0.1, -0.05) is 17.7 Å². The standard InChI is InChI=1S/C13H19N/c1-4-14-7-5-6-12-9-10(2)8-11(3)13(12)14/h8-9H,4-7H2,1-3H3. The Hall–Kier alpha value is -0.980. The second kappa shape index (κ2) is 3.64. The second-order valence-corrected chi connectivity index (χ2v) is 4.27. The van der Waals surface area contributed by atoms with Gasteiger partial charge in [-0.15, -0.1) is 0 Å². The summed E-state index contributed by atoms with van der Waals surface area (Å²) >= 11 is 0. The molecule has 0 unspecified atom stereocenters. The second-order valence-electron chi connectivity index (χ2n) is 4.27. The molecule has 0 N–H and O–H groups in total. The van der Waals surface area contributed by atoms with E-state index in [1.165, 1.54) is 36.2 Å². The number of aryl methyl sites for hydroxylation is 3. The van der Waals surface area contributed by atoms with Crippen molar-refractivity contribution in [3.63, 3.8) is 0 Å². The Morgan fingerprint density at radius 1 is 1.29 bits per heavy atom. The third-order valence-corrected chi connectivity index (χ3v) is 3.10. The van der Waals surface area contributed by atoms with Gasteiger partial charge in [0.1, 0.15) is 0 Å². The maximum Gasteiger partial charge on any atom is 0.0428 e. The largest absolute Gasteiger partial charge is 0.371 e. The van der Waals surface area contributed by atoms with E-state index in [-0.39, 0.29) is 0 Å². The molecule has 1 nitrogen and oxygen atoms in total. The lowest BCUT2D eigenvalue weighted by Gasteiger charge is -2.32. The highest BCUT2D eigenvalue weighted by atomic mass is 15.1. The van der Waals surface area contributed by atoms with Crippen LogP contribution in [0.1, 0.15) is 30.0 Å². The lowest BCUT2D eigenvalue weighted by atomic mass is 9.96. The fourth-order valence-corrected chi connectivity index (χ4v) is 2.58. The lowest BCUT2D eigenvalue weighted by Crippen LogP contribution is -2.29. The number of nitrogens with zero attached hydrogens (tertiary/aromatic N) is 1. The van der Waals surface area contributed by atoms with Gasteiger partial charge in [0.05, 0.1) is 0 Å². The van der Waals surface area contributed by atoms with Crippen LogP contribution < -0.4 is 4.90 Å². The van der Waals surface area contributed by atoms with E-state index < -0.39 is 0 Å². The summed E-state index contributed by atoms with van der Waals surface area (Å²) in [4.78, 5) is 2.51. The van der Waals surface area contributed by atoms with Crippen molar-refractivity contribution < 1.29 is 0 Å².